The van der Waals surface area contributed by atoms with Gasteiger partial charge in [-0.05, 0) is 19.3 Å². The number of hydrogen-bond donors (Lipinski definition) is 1. The molecule has 0 aromatic carbocycles. The lowest BCUT2D eigenvalue weighted by Gasteiger charge is -2.01. The van der Waals surface area contributed by atoms with Crippen LogP contribution in [0.5, 0.6) is 0 Å². The molecular formula is C9H14N2OS. The predicted octanol–water partition coefficient (Wildman–Crippen LogP) is 1.75. The van der Waals surface area contributed by atoms with Crippen molar-refractivity contribution in [2.45, 2.75) is 27.2 Å². The third kappa shape index (κ3) is 2.52. The predicted molar refractivity (Wildman–Crippen MR) is 53.9 cm³/mol. The van der Waals surface area contributed by atoms with E-state index in [0.29, 0.717) is 11.6 Å². The molecule has 0 atom stereocenters. The second-order valence-corrected chi connectivity index (χ2v) is 4.75. The molecular weight excluding hydrogens is 184 g/mol. The number of aryl methyl sites for hydroxylation is 1. The Balaban J connectivity index is 2.97. The number of thiazole rings is 1. The van der Waals surface area contributed by atoms with Crippen molar-refractivity contribution in [3.63, 3.8) is 0 Å². The molecule has 0 aliphatic rings. The average molecular weight is 198 g/mol. The maximum atomic E-state index is 11.0. The first-order chi connectivity index (χ1) is 6.00. The third-order valence-corrected chi connectivity index (χ3v) is 2.62. The van der Waals surface area contributed by atoms with Gasteiger partial charge in [-0.2, -0.15) is 0 Å². The van der Waals surface area contributed by atoms with Gasteiger partial charge < -0.3 is 5.73 Å². The van der Waals surface area contributed by atoms with Crippen LogP contribution in [0.15, 0.2) is 0 Å². The van der Waals surface area contributed by atoms with Crippen molar-refractivity contribution in [2.75, 3.05) is 0 Å². The van der Waals surface area contributed by atoms with Crippen molar-refractivity contribution >= 4 is 17.2 Å². The number of nitrogens with zero attached hydrogens (tertiary/aromatic N) is 1. The molecule has 0 aliphatic carbocycles. The molecule has 1 amide bonds. The van der Waals surface area contributed by atoms with E-state index in [1.165, 1.54) is 0 Å². The fourth-order valence-corrected chi connectivity index (χ4v) is 2.32. The van der Waals surface area contributed by atoms with Gasteiger partial charge in [0.2, 0.25) is 0 Å². The SMILES string of the molecule is Cc1nc(C(N)=O)c(CC(C)C)s1. The number of amides is 1. The molecule has 2 N–H and O–H groups in total. The maximum Gasteiger partial charge on any atom is 0.268 e. The Bertz CT molecular complexity index is 317. The zero-order chi connectivity index (χ0) is 10.0. The van der Waals surface area contributed by atoms with Gasteiger partial charge in [-0.1, -0.05) is 13.8 Å². The summed E-state index contributed by atoms with van der Waals surface area (Å²) in [7, 11) is 0. The molecule has 4 heteroatoms. The Hall–Kier alpha value is -0.900. The zero-order valence-corrected chi connectivity index (χ0v) is 8.94. The van der Waals surface area contributed by atoms with Gasteiger partial charge in [0.1, 0.15) is 5.69 Å². The van der Waals surface area contributed by atoms with Crippen molar-refractivity contribution in [3.05, 3.63) is 15.6 Å². The molecule has 1 heterocycles. The summed E-state index contributed by atoms with van der Waals surface area (Å²) in [5.41, 5.74) is 5.66. The Kier molecular flexibility index (Phi) is 3.03. The van der Waals surface area contributed by atoms with Crippen LogP contribution in [0, 0.1) is 12.8 Å². The number of hydrogen-bond acceptors (Lipinski definition) is 3. The number of primary amides is 1. The fourth-order valence-electron chi connectivity index (χ4n) is 1.17. The van der Waals surface area contributed by atoms with E-state index in [0.717, 1.165) is 16.3 Å². The largest absolute Gasteiger partial charge is 0.364 e. The van der Waals surface area contributed by atoms with Crippen LogP contribution in [-0.4, -0.2) is 10.9 Å². The first-order valence-corrected chi connectivity index (χ1v) is 5.08. The van der Waals surface area contributed by atoms with Crippen molar-refractivity contribution in [2.24, 2.45) is 11.7 Å². The number of rotatable bonds is 3. The molecule has 0 saturated heterocycles. The molecule has 1 aromatic heterocycles. The zero-order valence-electron chi connectivity index (χ0n) is 8.13. The number of carbonyl (C=O) groups excluding carboxylic acids is 1. The monoisotopic (exact) mass is 198 g/mol. The summed E-state index contributed by atoms with van der Waals surface area (Å²) in [6.07, 6.45) is 0.879. The van der Waals surface area contributed by atoms with Crippen LogP contribution in [0.25, 0.3) is 0 Å². The van der Waals surface area contributed by atoms with E-state index < -0.39 is 5.91 Å². The van der Waals surface area contributed by atoms with Crippen molar-refractivity contribution in [1.29, 1.82) is 0 Å². The Labute approximate surface area is 82.0 Å². The van der Waals surface area contributed by atoms with E-state index in [2.05, 4.69) is 18.8 Å². The molecule has 13 heavy (non-hydrogen) atoms. The molecule has 0 bridgehead atoms. The van der Waals surface area contributed by atoms with E-state index in [9.17, 15) is 4.79 Å². The molecule has 1 rings (SSSR count). The van der Waals surface area contributed by atoms with Crippen molar-refractivity contribution < 1.29 is 4.79 Å². The quantitative estimate of drug-likeness (QED) is 0.804. The van der Waals surface area contributed by atoms with Crippen LogP contribution in [0.3, 0.4) is 0 Å². The summed E-state index contributed by atoms with van der Waals surface area (Å²) in [6.45, 7) is 6.11. The lowest BCUT2D eigenvalue weighted by Crippen LogP contribution is -2.14. The minimum absolute atomic E-state index is 0.417. The lowest BCUT2D eigenvalue weighted by molar-refractivity contribution is 0.0995. The maximum absolute atomic E-state index is 11.0. The van der Waals surface area contributed by atoms with Gasteiger partial charge in [-0.25, -0.2) is 4.98 Å². The van der Waals surface area contributed by atoms with E-state index in [4.69, 9.17) is 5.73 Å². The van der Waals surface area contributed by atoms with Crippen LogP contribution in [-0.2, 0) is 6.42 Å². The summed E-state index contributed by atoms with van der Waals surface area (Å²) >= 11 is 1.56. The summed E-state index contributed by atoms with van der Waals surface area (Å²) in [5, 5.41) is 0.907. The van der Waals surface area contributed by atoms with Gasteiger partial charge in [0, 0.05) is 4.88 Å². The lowest BCUT2D eigenvalue weighted by atomic mass is 10.1. The van der Waals surface area contributed by atoms with Gasteiger partial charge in [-0.3, -0.25) is 4.79 Å². The van der Waals surface area contributed by atoms with E-state index in [1.807, 2.05) is 6.92 Å². The van der Waals surface area contributed by atoms with Gasteiger partial charge in [-0.15, -0.1) is 11.3 Å². The van der Waals surface area contributed by atoms with E-state index in [-0.39, 0.29) is 0 Å². The van der Waals surface area contributed by atoms with Crippen LogP contribution < -0.4 is 5.73 Å². The van der Waals surface area contributed by atoms with E-state index >= 15 is 0 Å². The Morgan fingerprint density at radius 2 is 2.23 bits per heavy atom. The molecule has 0 radical (unpaired) electrons. The van der Waals surface area contributed by atoms with Crippen molar-refractivity contribution in [3.8, 4) is 0 Å². The van der Waals surface area contributed by atoms with Gasteiger partial charge in [0.25, 0.3) is 5.91 Å². The van der Waals surface area contributed by atoms with Crippen LogP contribution >= 0.6 is 11.3 Å². The summed E-state index contributed by atoms with van der Waals surface area (Å²) in [5.74, 6) is 0.109. The topological polar surface area (TPSA) is 56.0 Å². The van der Waals surface area contributed by atoms with Crippen LogP contribution in [0.2, 0.25) is 0 Å². The molecule has 0 fully saturated rings. The molecule has 0 saturated carbocycles. The van der Waals surface area contributed by atoms with Gasteiger partial charge >= 0.3 is 0 Å². The number of nitrogens with two attached hydrogens (primary N) is 1. The summed E-state index contributed by atoms with van der Waals surface area (Å²) in [6, 6.07) is 0. The normalized spacial score (nSPS) is 10.8. The molecule has 1 aromatic rings. The number of aromatic nitrogens is 1. The molecule has 0 unspecified atom stereocenters. The average Bonchev–Trinajstić information content (AvgIpc) is 2.29. The summed E-state index contributed by atoms with van der Waals surface area (Å²) in [4.78, 5) is 16.1. The van der Waals surface area contributed by atoms with Gasteiger partial charge in [0.15, 0.2) is 0 Å². The van der Waals surface area contributed by atoms with E-state index in [1.54, 1.807) is 11.3 Å². The minimum Gasteiger partial charge on any atom is -0.364 e. The smallest absolute Gasteiger partial charge is 0.268 e. The van der Waals surface area contributed by atoms with Crippen LogP contribution in [0.1, 0.15) is 34.2 Å². The highest BCUT2D eigenvalue weighted by Crippen LogP contribution is 2.20. The number of carbonyl (C=O) groups is 1. The Morgan fingerprint density at radius 1 is 1.62 bits per heavy atom. The third-order valence-electron chi connectivity index (χ3n) is 1.63. The van der Waals surface area contributed by atoms with Gasteiger partial charge in [0.05, 0.1) is 5.01 Å². The molecule has 0 spiro atoms. The molecule has 3 nitrogen and oxygen atoms in total. The standard InChI is InChI=1S/C9H14N2OS/c1-5(2)4-7-8(9(10)12)11-6(3)13-7/h5H,4H2,1-3H3,(H2,10,12). The second kappa shape index (κ2) is 3.87. The highest BCUT2D eigenvalue weighted by atomic mass is 32.1. The highest BCUT2D eigenvalue weighted by molar-refractivity contribution is 7.11. The van der Waals surface area contributed by atoms with Crippen molar-refractivity contribution in [1.82, 2.24) is 4.98 Å². The van der Waals surface area contributed by atoms with Crippen LogP contribution in [0.4, 0.5) is 0 Å². The second-order valence-electron chi connectivity index (χ2n) is 3.47. The Morgan fingerprint density at radius 3 is 2.69 bits per heavy atom. The first-order valence-electron chi connectivity index (χ1n) is 4.26. The molecule has 72 valence electrons. The highest BCUT2D eigenvalue weighted by Gasteiger charge is 2.14. The fraction of sp³-hybridized carbons (Fsp3) is 0.556. The molecule has 0 aliphatic heterocycles. The first kappa shape index (κ1) is 10.2. The minimum atomic E-state index is -0.417. The summed E-state index contributed by atoms with van der Waals surface area (Å²) < 4.78 is 0.